The molecule has 1 aliphatic heterocycles. The minimum atomic E-state index is -0.145. The molecule has 74 valence electrons. The van der Waals surface area contributed by atoms with Gasteiger partial charge in [0.05, 0.1) is 32.8 Å². The van der Waals surface area contributed by atoms with E-state index in [4.69, 9.17) is 4.74 Å². The van der Waals surface area contributed by atoms with Gasteiger partial charge in [0.15, 0.2) is 0 Å². The van der Waals surface area contributed by atoms with Gasteiger partial charge in [0.1, 0.15) is 6.54 Å². The van der Waals surface area contributed by atoms with E-state index in [1.165, 1.54) is 0 Å². The number of esters is 1. The average molecular weight is 184 g/mol. The van der Waals surface area contributed by atoms with Gasteiger partial charge in [0.25, 0.3) is 0 Å². The lowest BCUT2D eigenvalue weighted by molar-refractivity contribution is -0.886. The summed E-state index contributed by atoms with van der Waals surface area (Å²) in [7, 11) is 4.26. The van der Waals surface area contributed by atoms with Gasteiger partial charge in [-0.25, -0.2) is 4.79 Å². The summed E-state index contributed by atoms with van der Waals surface area (Å²) in [5, 5.41) is 0. The molecule has 3 nitrogen and oxygen atoms in total. The summed E-state index contributed by atoms with van der Waals surface area (Å²) < 4.78 is 5.84. The Labute approximate surface area is 79.6 Å². The molecule has 0 N–H and O–H groups in total. The summed E-state index contributed by atoms with van der Waals surface area (Å²) in [6, 6.07) is 0. The number of carbonyl (C=O) groups is 1. The van der Waals surface area contributed by atoms with Crippen molar-refractivity contribution in [2.45, 2.75) is 13.3 Å². The predicted octanol–water partition coefficient (Wildman–Crippen LogP) is 0.956. The molecule has 0 bridgehead atoms. The van der Waals surface area contributed by atoms with Crippen molar-refractivity contribution in [2.24, 2.45) is 0 Å². The predicted molar refractivity (Wildman–Crippen MR) is 51.2 cm³/mol. The Morgan fingerprint density at radius 1 is 1.62 bits per heavy atom. The zero-order valence-electron chi connectivity index (χ0n) is 8.67. The molecule has 0 saturated carbocycles. The summed E-state index contributed by atoms with van der Waals surface area (Å²) in [6.07, 6.45) is 2.97. The number of hydrogen-bond acceptors (Lipinski definition) is 2. The van der Waals surface area contributed by atoms with Gasteiger partial charge in [0, 0.05) is 6.42 Å². The number of rotatable bonds is 2. The molecule has 0 unspecified atom stereocenters. The Kier molecular flexibility index (Phi) is 3.09. The normalized spacial score (nSPS) is 20.7. The number of hydrogen-bond donors (Lipinski definition) is 0. The van der Waals surface area contributed by atoms with Crippen LogP contribution in [0, 0.1) is 0 Å². The van der Waals surface area contributed by atoms with Crippen LogP contribution in [-0.2, 0) is 9.53 Å². The molecule has 0 fully saturated rings. The molecule has 13 heavy (non-hydrogen) atoms. The fraction of sp³-hybridized carbons (Fsp3) is 0.700. The highest BCUT2D eigenvalue weighted by atomic mass is 16.5. The van der Waals surface area contributed by atoms with Crippen LogP contribution < -0.4 is 0 Å². The molecule has 0 atom stereocenters. The second kappa shape index (κ2) is 3.92. The molecule has 0 radical (unpaired) electrons. The van der Waals surface area contributed by atoms with Gasteiger partial charge < -0.3 is 9.22 Å². The first-order chi connectivity index (χ1) is 6.05. The lowest BCUT2D eigenvalue weighted by Gasteiger charge is -2.32. The van der Waals surface area contributed by atoms with Crippen molar-refractivity contribution in [2.75, 3.05) is 33.8 Å². The van der Waals surface area contributed by atoms with E-state index in [0.717, 1.165) is 29.6 Å². The number of quaternary nitrogens is 1. The van der Waals surface area contributed by atoms with Crippen molar-refractivity contribution < 1.29 is 14.0 Å². The maximum atomic E-state index is 11.4. The second-order valence-corrected chi connectivity index (χ2v) is 4.06. The van der Waals surface area contributed by atoms with E-state index >= 15 is 0 Å². The monoisotopic (exact) mass is 184 g/mol. The lowest BCUT2D eigenvalue weighted by Crippen LogP contribution is -2.45. The van der Waals surface area contributed by atoms with Gasteiger partial charge >= 0.3 is 5.97 Å². The van der Waals surface area contributed by atoms with E-state index in [0.29, 0.717) is 6.61 Å². The molecular formula is C10H18NO2+. The zero-order valence-corrected chi connectivity index (χ0v) is 8.67. The van der Waals surface area contributed by atoms with Crippen molar-refractivity contribution in [3.63, 3.8) is 0 Å². The van der Waals surface area contributed by atoms with Crippen LogP contribution in [0.3, 0.4) is 0 Å². The number of nitrogens with zero attached hydrogens (tertiary/aromatic N) is 1. The lowest BCUT2D eigenvalue weighted by atomic mass is 10.1. The molecule has 3 heteroatoms. The van der Waals surface area contributed by atoms with Crippen molar-refractivity contribution in [1.29, 1.82) is 0 Å². The standard InChI is InChI=1S/C10H18NO2/c1-4-13-10(12)9-6-5-7-11(2,3)8-9/h6H,4-5,7-8H2,1-3H3/q+1. The molecule has 0 amide bonds. The topological polar surface area (TPSA) is 26.3 Å². The Morgan fingerprint density at radius 2 is 2.31 bits per heavy atom. The van der Waals surface area contributed by atoms with E-state index in [9.17, 15) is 4.79 Å². The van der Waals surface area contributed by atoms with Gasteiger partial charge in [-0.3, -0.25) is 0 Å². The minimum Gasteiger partial charge on any atom is -0.462 e. The van der Waals surface area contributed by atoms with Gasteiger partial charge in [0.2, 0.25) is 0 Å². The molecule has 0 spiro atoms. The first-order valence-corrected chi connectivity index (χ1v) is 4.73. The van der Waals surface area contributed by atoms with Gasteiger partial charge in [-0.2, -0.15) is 0 Å². The van der Waals surface area contributed by atoms with E-state index in [-0.39, 0.29) is 5.97 Å². The number of likely N-dealkylation sites (N-methyl/N-ethyl adjacent to an activating group) is 1. The first-order valence-electron chi connectivity index (χ1n) is 4.73. The third-order valence-electron chi connectivity index (χ3n) is 2.26. The fourth-order valence-electron chi connectivity index (χ4n) is 1.56. The zero-order chi connectivity index (χ0) is 9.90. The van der Waals surface area contributed by atoms with E-state index in [1.54, 1.807) is 0 Å². The Morgan fingerprint density at radius 3 is 2.85 bits per heavy atom. The highest BCUT2D eigenvalue weighted by Gasteiger charge is 2.25. The molecule has 1 aliphatic rings. The van der Waals surface area contributed by atoms with E-state index in [1.807, 2.05) is 13.0 Å². The van der Waals surface area contributed by atoms with Crippen molar-refractivity contribution >= 4 is 5.97 Å². The van der Waals surface area contributed by atoms with Crippen molar-refractivity contribution in [3.05, 3.63) is 11.6 Å². The third-order valence-corrected chi connectivity index (χ3v) is 2.26. The summed E-state index contributed by atoms with van der Waals surface area (Å²) in [6.45, 7) is 4.19. The molecule has 0 aliphatic carbocycles. The average Bonchev–Trinajstić information content (AvgIpc) is 2.03. The highest BCUT2D eigenvalue weighted by Crippen LogP contribution is 2.14. The van der Waals surface area contributed by atoms with Crippen LogP contribution in [0.25, 0.3) is 0 Å². The molecule has 0 aromatic heterocycles. The summed E-state index contributed by atoms with van der Waals surface area (Å²) in [4.78, 5) is 11.4. The quantitative estimate of drug-likeness (QED) is 0.472. The smallest absolute Gasteiger partial charge is 0.339 e. The molecular weight excluding hydrogens is 166 g/mol. The highest BCUT2D eigenvalue weighted by molar-refractivity contribution is 5.88. The van der Waals surface area contributed by atoms with Gasteiger partial charge in [-0.15, -0.1) is 0 Å². The fourth-order valence-corrected chi connectivity index (χ4v) is 1.56. The molecule has 0 aromatic rings. The van der Waals surface area contributed by atoms with Crippen LogP contribution in [0.1, 0.15) is 13.3 Å². The SMILES string of the molecule is CCOC(=O)C1=CCC[N+](C)(C)C1. The maximum absolute atomic E-state index is 11.4. The number of ether oxygens (including phenoxy) is 1. The van der Waals surface area contributed by atoms with Crippen LogP contribution in [0.5, 0.6) is 0 Å². The molecule has 1 rings (SSSR count). The summed E-state index contributed by atoms with van der Waals surface area (Å²) in [5.41, 5.74) is 0.832. The third kappa shape index (κ3) is 2.84. The summed E-state index contributed by atoms with van der Waals surface area (Å²) >= 11 is 0. The Balaban J connectivity index is 2.61. The van der Waals surface area contributed by atoms with E-state index in [2.05, 4.69) is 14.1 Å². The minimum absolute atomic E-state index is 0.145. The maximum Gasteiger partial charge on any atom is 0.339 e. The van der Waals surface area contributed by atoms with Gasteiger partial charge in [-0.05, 0) is 6.92 Å². The van der Waals surface area contributed by atoms with Crippen LogP contribution in [0.15, 0.2) is 11.6 Å². The molecule has 0 saturated heterocycles. The second-order valence-electron chi connectivity index (χ2n) is 4.06. The van der Waals surface area contributed by atoms with Crippen molar-refractivity contribution in [3.8, 4) is 0 Å². The molecule has 0 aromatic carbocycles. The van der Waals surface area contributed by atoms with Crippen LogP contribution in [-0.4, -0.2) is 44.2 Å². The Hall–Kier alpha value is -0.830. The largest absolute Gasteiger partial charge is 0.462 e. The first kappa shape index (κ1) is 10.3. The van der Waals surface area contributed by atoms with Crippen LogP contribution in [0.4, 0.5) is 0 Å². The number of carbonyl (C=O) groups excluding carboxylic acids is 1. The Bertz CT molecular complexity index is 231. The van der Waals surface area contributed by atoms with Gasteiger partial charge in [-0.1, -0.05) is 6.08 Å². The summed E-state index contributed by atoms with van der Waals surface area (Å²) in [5.74, 6) is -0.145. The van der Waals surface area contributed by atoms with Crippen LogP contribution in [0.2, 0.25) is 0 Å². The van der Waals surface area contributed by atoms with Crippen LogP contribution >= 0.6 is 0 Å². The van der Waals surface area contributed by atoms with Crippen molar-refractivity contribution in [1.82, 2.24) is 0 Å². The van der Waals surface area contributed by atoms with E-state index < -0.39 is 0 Å². The molecule has 1 heterocycles.